The van der Waals surface area contributed by atoms with E-state index in [9.17, 15) is 0 Å². The van der Waals surface area contributed by atoms with Crippen molar-refractivity contribution in [3.8, 4) is 0 Å². The van der Waals surface area contributed by atoms with E-state index in [0.717, 1.165) is 30.8 Å². The second-order valence-corrected chi connectivity index (χ2v) is 7.17. The van der Waals surface area contributed by atoms with E-state index >= 15 is 0 Å². The van der Waals surface area contributed by atoms with Crippen LogP contribution in [0.4, 0.5) is 0 Å². The second kappa shape index (κ2) is 11.6. The highest BCUT2D eigenvalue weighted by Gasteiger charge is 2.13. The molecule has 3 unspecified atom stereocenters. The molecule has 0 aromatic rings. The van der Waals surface area contributed by atoms with E-state index in [1.165, 1.54) is 32.1 Å². The Morgan fingerprint density at radius 3 is 1.90 bits per heavy atom. The molecule has 0 saturated heterocycles. The third kappa shape index (κ3) is 9.77. The van der Waals surface area contributed by atoms with Crippen molar-refractivity contribution >= 4 is 0 Å². The first-order chi connectivity index (χ1) is 9.38. The predicted molar refractivity (Wildman–Crippen MR) is 92.3 cm³/mol. The number of likely N-dealkylation sites (N-methyl/N-ethyl adjacent to an activating group) is 1. The zero-order valence-corrected chi connectivity index (χ0v) is 15.2. The van der Waals surface area contributed by atoms with Crippen LogP contribution >= 0.6 is 0 Å². The molecule has 0 aliphatic rings. The first-order valence-electron chi connectivity index (χ1n) is 8.76. The van der Waals surface area contributed by atoms with Gasteiger partial charge in [0, 0.05) is 19.1 Å². The molecule has 0 aliphatic carbocycles. The first-order valence-corrected chi connectivity index (χ1v) is 8.76. The first kappa shape index (κ1) is 19.9. The summed E-state index contributed by atoms with van der Waals surface area (Å²) in [6.45, 7) is 14.1. The smallest absolute Gasteiger partial charge is 0.0101 e. The van der Waals surface area contributed by atoms with Gasteiger partial charge in [-0.25, -0.2) is 0 Å². The number of nitrogens with one attached hydrogen (secondary N) is 1. The summed E-state index contributed by atoms with van der Waals surface area (Å²) in [6.07, 6.45) is 6.89. The molecule has 20 heavy (non-hydrogen) atoms. The van der Waals surface area contributed by atoms with Gasteiger partial charge in [-0.05, 0) is 45.2 Å². The molecule has 1 N–H and O–H groups in total. The highest BCUT2D eigenvalue weighted by atomic mass is 15.1. The van der Waals surface area contributed by atoms with Crippen molar-refractivity contribution in [2.24, 2.45) is 17.8 Å². The normalized spacial score (nSPS) is 18.0. The number of unbranched alkanes of at least 4 members (excludes halogenated alkanes) is 1. The lowest BCUT2D eigenvalue weighted by Crippen LogP contribution is -2.36. The minimum Gasteiger partial charge on any atom is -0.313 e. The van der Waals surface area contributed by atoms with Gasteiger partial charge in [-0.15, -0.1) is 0 Å². The average Bonchev–Trinajstić information content (AvgIpc) is 2.41. The van der Waals surface area contributed by atoms with Gasteiger partial charge in [0.25, 0.3) is 0 Å². The molecule has 0 heterocycles. The molecule has 0 fully saturated rings. The molecule has 0 aromatic heterocycles. The summed E-state index contributed by atoms with van der Waals surface area (Å²) < 4.78 is 0. The Kier molecular flexibility index (Phi) is 11.5. The summed E-state index contributed by atoms with van der Waals surface area (Å²) in [4.78, 5) is 2.24. The van der Waals surface area contributed by atoms with Gasteiger partial charge in [0.1, 0.15) is 0 Å². The highest BCUT2D eigenvalue weighted by molar-refractivity contribution is 4.69. The largest absolute Gasteiger partial charge is 0.313 e. The Morgan fingerprint density at radius 1 is 0.850 bits per heavy atom. The van der Waals surface area contributed by atoms with Crippen LogP contribution in [0.1, 0.15) is 66.7 Å². The SMILES string of the molecule is CCC(C)[C@H](C)CCCCC(C)C(C)NCCN(C)C. The van der Waals surface area contributed by atoms with E-state index in [-0.39, 0.29) is 0 Å². The minimum absolute atomic E-state index is 0.641. The van der Waals surface area contributed by atoms with E-state index in [2.05, 4.69) is 58.9 Å². The second-order valence-electron chi connectivity index (χ2n) is 7.17. The fourth-order valence-corrected chi connectivity index (χ4v) is 2.59. The molecule has 0 bridgehead atoms. The van der Waals surface area contributed by atoms with Gasteiger partial charge >= 0.3 is 0 Å². The number of nitrogens with zero attached hydrogens (tertiary/aromatic N) is 1. The Labute approximate surface area is 128 Å². The predicted octanol–water partition coefficient (Wildman–Crippen LogP) is 4.40. The fraction of sp³-hybridized carbons (Fsp3) is 1.00. The lowest BCUT2D eigenvalue weighted by molar-refractivity contribution is 0.317. The van der Waals surface area contributed by atoms with Gasteiger partial charge in [0.05, 0.1) is 0 Å². The van der Waals surface area contributed by atoms with Crippen LogP contribution in [0.5, 0.6) is 0 Å². The van der Waals surface area contributed by atoms with Crippen molar-refractivity contribution in [2.75, 3.05) is 27.2 Å². The topological polar surface area (TPSA) is 15.3 Å². The van der Waals surface area contributed by atoms with Crippen LogP contribution in [0.25, 0.3) is 0 Å². The fourth-order valence-electron chi connectivity index (χ4n) is 2.59. The van der Waals surface area contributed by atoms with E-state index in [1.807, 2.05) is 0 Å². The Hall–Kier alpha value is -0.0800. The lowest BCUT2D eigenvalue weighted by atomic mass is 9.88. The third-order valence-electron chi connectivity index (χ3n) is 5.06. The van der Waals surface area contributed by atoms with Crippen molar-refractivity contribution < 1.29 is 0 Å². The monoisotopic (exact) mass is 284 g/mol. The molecule has 0 rings (SSSR count). The number of hydrogen-bond donors (Lipinski definition) is 1. The van der Waals surface area contributed by atoms with E-state index in [1.54, 1.807) is 0 Å². The molecule has 2 heteroatoms. The summed E-state index contributed by atoms with van der Waals surface area (Å²) in [7, 11) is 4.27. The van der Waals surface area contributed by atoms with Gasteiger partial charge in [-0.3, -0.25) is 0 Å². The Morgan fingerprint density at radius 2 is 1.40 bits per heavy atom. The van der Waals surface area contributed by atoms with Crippen molar-refractivity contribution in [2.45, 2.75) is 72.8 Å². The maximum absolute atomic E-state index is 3.65. The molecule has 2 nitrogen and oxygen atoms in total. The van der Waals surface area contributed by atoms with E-state index in [4.69, 9.17) is 0 Å². The molecule has 0 aromatic carbocycles. The van der Waals surface area contributed by atoms with Crippen LogP contribution in [-0.4, -0.2) is 38.1 Å². The molecule has 0 amide bonds. The quantitative estimate of drug-likeness (QED) is 0.534. The molecule has 4 atom stereocenters. The molecular formula is C18H40N2. The van der Waals surface area contributed by atoms with Gasteiger partial charge in [0.2, 0.25) is 0 Å². The molecular weight excluding hydrogens is 244 g/mol. The zero-order valence-electron chi connectivity index (χ0n) is 15.2. The van der Waals surface area contributed by atoms with Crippen LogP contribution in [0.15, 0.2) is 0 Å². The van der Waals surface area contributed by atoms with E-state index in [0.29, 0.717) is 6.04 Å². The average molecular weight is 285 g/mol. The maximum Gasteiger partial charge on any atom is 0.0101 e. The molecule has 122 valence electrons. The van der Waals surface area contributed by atoms with Gasteiger partial charge < -0.3 is 10.2 Å². The standard InChI is InChI=1S/C18H40N2/c1-8-15(2)16(3)11-9-10-12-17(4)18(5)19-13-14-20(6)7/h15-19H,8-14H2,1-7H3/t15?,16-,17?,18?/m1/s1. The summed E-state index contributed by atoms with van der Waals surface area (Å²) in [5, 5.41) is 3.65. The van der Waals surface area contributed by atoms with Crippen LogP contribution in [0.2, 0.25) is 0 Å². The summed E-state index contributed by atoms with van der Waals surface area (Å²) >= 11 is 0. The molecule has 0 radical (unpaired) electrons. The minimum atomic E-state index is 0.641. The van der Waals surface area contributed by atoms with Crippen molar-refractivity contribution in [3.05, 3.63) is 0 Å². The van der Waals surface area contributed by atoms with Crippen LogP contribution in [0, 0.1) is 17.8 Å². The van der Waals surface area contributed by atoms with E-state index < -0.39 is 0 Å². The van der Waals surface area contributed by atoms with Gasteiger partial charge in [-0.1, -0.05) is 53.4 Å². The van der Waals surface area contributed by atoms with Gasteiger partial charge in [0.15, 0.2) is 0 Å². The maximum atomic E-state index is 3.65. The Bertz CT molecular complexity index is 215. The van der Waals surface area contributed by atoms with Crippen molar-refractivity contribution in [3.63, 3.8) is 0 Å². The van der Waals surface area contributed by atoms with Crippen molar-refractivity contribution in [1.82, 2.24) is 10.2 Å². The Balaban J connectivity index is 3.63. The third-order valence-corrected chi connectivity index (χ3v) is 5.06. The zero-order chi connectivity index (χ0) is 15.5. The van der Waals surface area contributed by atoms with Crippen LogP contribution < -0.4 is 5.32 Å². The molecule has 0 saturated carbocycles. The number of rotatable bonds is 12. The summed E-state index contributed by atoms with van der Waals surface area (Å²) in [5.41, 5.74) is 0. The van der Waals surface area contributed by atoms with Crippen LogP contribution in [-0.2, 0) is 0 Å². The molecule has 0 spiro atoms. The highest BCUT2D eigenvalue weighted by Crippen LogP contribution is 2.22. The van der Waals surface area contributed by atoms with Gasteiger partial charge in [-0.2, -0.15) is 0 Å². The lowest BCUT2D eigenvalue weighted by Gasteiger charge is -2.23. The van der Waals surface area contributed by atoms with Crippen LogP contribution in [0.3, 0.4) is 0 Å². The molecule has 0 aliphatic heterocycles. The number of hydrogen-bond acceptors (Lipinski definition) is 2. The summed E-state index contributed by atoms with van der Waals surface area (Å²) in [5.74, 6) is 2.57. The summed E-state index contributed by atoms with van der Waals surface area (Å²) in [6, 6.07) is 0.641. The van der Waals surface area contributed by atoms with Crippen molar-refractivity contribution in [1.29, 1.82) is 0 Å².